The van der Waals surface area contributed by atoms with Gasteiger partial charge in [-0.1, -0.05) is 30.3 Å². The SMILES string of the molecule is COc1ccc(C(=O)N/N=C(\C)c2ccccc2)cc1. The quantitative estimate of drug-likeness (QED) is 0.684. The number of rotatable bonds is 4. The number of hydrogen-bond acceptors (Lipinski definition) is 3. The number of benzene rings is 2. The van der Waals surface area contributed by atoms with E-state index < -0.39 is 0 Å². The third-order valence-electron chi connectivity index (χ3n) is 2.87. The van der Waals surface area contributed by atoms with Crippen LogP contribution in [0.4, 0.5) is 0 Å². The summed E-state index contributed by atoms with van der Waals surface area (Å²) in [6, 6.07) is 16.6. The summed E-state index contributed by atoms with van der Waals surface area (Å²) in [5, 5.41) is 4.10. The van der Waals surface area contributed by atoms with Crippen LogP contribution in [0.2, 0.25) is 0 Å². The summed E-state index contributed by atoms with van der Waals surface area (Å²) in [4.78, 5) is 11.9. The van der Waals surface area contributed by atoms with Gasteiger partial charge in [0.25, 0.3) is 5.91 Å². The Balaban J connectivity index is 2.04. The molecule has 1 N–H and O–H groups in total. The lowest BCUT2D eigenvalue weighted by Crippen LogP contribution is -2.19. The van der Waals surface area contributed by atoms with E-state index >= 15 is 0 Å². The number of carbonyl (C=O) groups excluding carboxylic acids is 1. The zero-order valence-electron chi connectivity index (χ0n) is 11.5. The molecule has 0 aliphatic rings. The zero-order chi connectivity index (χ0) is 14.4. The zero-order valence-corrected chi connectivity index (χ0v) is 11.5. The van der Waals surface area contributed by atoms with E-state index in [0.717, 1.165) is 11.3 Å². The van der Waals surface area contributed by atoms with Crippen LogP contribution >= 0.6 is 0 Å². The number of carbonyl (C=O) groups is 1. The van der Waals surface area contributed by atoms with Gasteiger partial charge in [-0.25, -0.2) is 5.43 Å². The Morgan fingerprint density at radius 3 is 2.25 bits per heavy atom. The highest BCUT2D eigenvalue weighted by Crippen LogP contribution is 2.11. The normalized spacial score (nSPS) is 11.0. The van der Waals surface area contributed by atoms with Crippen molar-refractivity contribution in [1.29, 1.82) is 0 Å². The Bertz CT molecular complexity index is 604. The molecule has 0 aromatic heterocycles. The van der Waals surface area contributed by atoms with Crippen LogP contribution in [-0.4, -0.2) is 18.7 Å². The van der Waals surface area contributed by atoms with Gasteiger partial charge >= 0.3 is 0 Å². The highest BCUT2D eigenvalue weighted by molar-refractivity contribution is 6.00. The Morgan fingerprint density at radius 2 is 1.65 bits per heavy atom. The van der Waals surface area contributed by atoms with Crippen LogP contribution in [0.5, 0.6) is 5.75 Å². The fraction of sp³-hybridized carbons (Fsp3) is 0.125. The maximum Gasteiger partial charge on any atom is 0.271 e. The van der Waals surface area contributed by atoms with Crippen LogP contribution in [0.1, 0.15) is 22.8 Å². The first-order valence-electron chi connectivity index (χ1n) is 6.25. The van der Waals surface area contributed by atoms with Crippen LogP contribution in [0.3, 0.4) is 0 Å². The minimum atomic E-state index is -0.247. The molecule has 0 heterocycles. The summed E-state index contributed by atoms with van der Waals surface area (Å²) in [7, 11) is 1.59. The molecule has 2 aromatic carbocycles. The lowest BCUT2D eigenvalue weighted by atomic mass is 10.1. The standard InChI is InChI=1S/C16H16N2O2/c1-12(13-6-4-3-5-7-13)17-18-16(19)14-8-10-15(20-2)11-9-14/h3-11H,1-2H3,(H,18,19)/b17-12+. The van der Waals surface area contributed by atoms with Gasteiger partial charge < -0.3 is 4.74 Å². The molecule has 0 saturated carbocycles. The molecule has 2 rings (SSSR count). The van der Waals surface area contributed by atoms with Crippen molar-refractivity contribution >= 4 is 11.6 Å². The van der Waals surface area contributed by atoms with Gasteiger partial charge in [-0.2, -0.15) is 5.10 Å². The molecule has 102 valence electrons. The molecular weight excluding hydrogens is 252 g/mol. The van der Waals surface area contributed by atoms with Gasteiger partial charge in [0.15, 0.2) is 0 Å². The smallest absolute Gasteiger partial charge is 0.271 e. The monoisotopic (exact) mass is 268 g/mol. The number of nitrogens with one attached hydrogen (secondary N) is 1. The largest absolute Gasteiger partial charge is 0.497 e. The molecule has 20 heavy (non-hydrogen) atoms. The minimum absolute atomic E-state index is 0.247. The Kier molecular flexibility index (Phi) is 4.50. The van der Waals surface area contributed by atoms with Crippen LogP contribution in [0.15, 0.2) is 59.7 Å². The number of hydrogen-bond donors (Lipinski definition) is 1. The summed E-state index contributed by atoms with van der Waals surface area (Å²) in [5.74, 6) is 0.466. The molecule has 0 aliphatic heterocycles. The van der Waals surface area contributed by atoms with E-state index in [1.54, 1.807) is 31.4 Å². The van der Waals surface area contributed by atoms with Crippen molar-refractivity contribution in [3.8, 4) is 5.75 Å². The highest BCUT2D eigenvalue weighted by Gasteiger charge is 2.04. The maximum absolute atomic E-state index is 11.9. The van der Waals surface area contributed by atoms with Gasteiger partial charge in [0.1, 0.15) is 5.75 Å². The van der Waals surface area contributed by atoms with Crippen LogP contribution in [0.25, 0.3) is 0 Å². The van der Waals surface area contributed by atoms with Gasteiger partial charge in [-0.05, 0) is 36.8 Å². The summed E-state index contributed by atoms with van der Waals surface area (Å²) in [6.45, 7) is 1.85. The molecule has 0 unspecified atom stereocenters. The van der Waals surface area contributed by atoms with Crippen LogP contribution < -0.4 is 10.2 Å². The molecule has 0 fully saturated rings. The van der Waals surface area contributed by atoms with Gasteiger partial charge in [0.2, 0.25) is 0 Å². The van der Waals surface area contributed by atoms with Gasteiger partial charge in [-0.3, -0.25) is 4.79 Å². The predicted molar refractivity (Wildman–Crippen MR) is 79.1 cm³/mol. The Labute approximate surface area is 118 Å². The van der Waals surface area contributed by atoms with E-state index in [1.165, 1.54) is 0 Å². The summed E-state index contributed by atoms with van der Waals surface area (Å²) < 4.78 is 5.05. The number of ether oxygens (including phenoxy) is 1. The fourth-order valence-electron chi connectivity index (χ4n) is 1.69. The van der Waals surface area contributed by atoms with Crippen molar-refractivity contribution in [2.45, 2.75) is 6.92 Å². The lowest BCUT2D eigenvalue weighted by molar-refractivity contribution is 0.0955. The van der Waals surface area contributed by atoms with Gasteiger partial charge in [0, 0.05) is 5.56 Å². The van der Waals surface area contributed by atoms with Crippen molar-refractivity contribution in [2.24, 2.45) is 5.10 Å². The number of amides is 1. The second-order valence-corrected chi connectivity index (χ2v) is 4.23. The molecule has 0 aliphatic carbocycles. The molecular formula is C16H16N2O2. The van der Waals surface area contributed by atoms with Gasteiger partial charge in [0.05, 0.1) is 12.8 Å². The average molecular weight is 268 g/mol. The molecule has 0 spiro atoms. The average Bonchev–Trinajstić information content (AvgIpc) is 2.53. The molecule has 0 radical (unpaired) electrons. The molecule has 4 heteroatoms. The first-order chi connectivity index (χ1) is 9.70. The number of methoxy groups -OCH3 is 1. The number of hydrazone groups is 1. The van der Waals surface area contributed by atoms with Crippen molar-refractivity contribution in [2.75, 3.05) is 7.11 Å². The molecule has 4 nitrogen and oxygen atoms in total. The molecule has 1 amide bonds. The van der Waals surface area contributed by atoms with Crippen molar-refractivity contribution in [1.82, 2.24) is 5.43 Å². The highest BCUT2D eigenvalue weighted by atomic mass is 16.5. The molecule has 0 saturated heterocycles. The number of nitrogens with zero attached hydrogens (tertiary/aromatic N) is 1. The minimum Gasteiger partial charge on any atom is -0.497 e. The van der Waals surface area contributed by atoms with Crippen molar-refractivity contribution in [3.63, 3.8) is 0 Å². The lowest BCUT2D eigenvalue weighted by Gasteiger charge is -2.04. The van der Waals surface area contributed by atoms with Crippen molar-refractivity contribution < 1.29 is 9.53 Å². The third-order valence-corrected chi connectivity index (χ3v) is 2.87. The van der Waals surface area contributed by atoms with E-state index in [1.807, 2.05) is 37.3 Å². The molecule has 0 bridgehead atoms. The van der Waals surface area contributed by atoms with E-state index in [0.29, 0.717) is 11.3 Å². The van der Waals surface area contributed by atoms with Gasteiger partial charge in [-0.15, -0.1) is 0 Å². The topological polar surface area (TPSA) is 50.7 Å². The second-order valence-electron chi connectivity index (χ2n) is 4.23. The molecule has 0 atom stereocenters. The van der Waals surface area contributed by atoms with Crippen LogP contribution in [-0.2, 0) is 0 Å². The Hall–Kier alpha value is -2.62. The van der Waals surface area contributed by atoms with Crippen molar-refractivity contribution in [3.05, 3.63) is 65.7 Å². The van der Waals surface area contributed by atoms with E-state index in [9.17, 15) is 4.79 Å². The fourth-order valence-corrected chi connectivity index (χ4v) is 1.69. The van der Waals surface area contributed by atoms with E-state index in [-0.39, 0.29) is 5.91 Å². The van der Waals surface area contributed by atoms with E-state index in [2.05, 4.69) is 10.5 Å². The molecule has 2 aromatic rings. The third kappa shape index (κ3) is 3.45. The summed E-state index contributed by atoms with van der Waals surface area (Å²) in [5.41, 5.74) is 4.81. The first kappa shape index (κ1) is 13.8. The summed E-state index contributed by atoms with van der Waals surface area (Å²) in [6.07, 6.45) is 0. The summed E-state index contributed by atoms with van der Waals surface area (Å²) >= 11 is 0. The predicted octanol–water partition coefficient (Wildman–Crippen LogP) is 2.85. The maximum atomic E-state index is 11.9. The van der Waals surface area contributed by atoms with E-state index in [4.69, 9.17) is 4.74 Å². The second kappa shape index (κ2) is 6.52. The first-order valence-corrected chi connectivity index (χ1v) is 6.25. The Morgan fingerprint density at radius 1 is 1.00 bits per heavy atom. The van der Waals surface area contributed by atoms with Crippen LogP contribution in [0, 0.1) is 0 Å².